The molecule has 0 aliphatic carbocycles. The highest BCUT2D eigenvalue weighted by Crippen LogP contribution is 2.09. The van der Waals surface area contributed by atoms with Crippen LogP contribution < -0.4 is 0 Å². The molecule has 0 spiro atoms. The predicted octanol–water partition coefficient (Wildman–Crippen LogP) is 3.70. The first kappa shape index (κ1) is 15.2. The second kappa shape index (κ2) is 7.54. The van der Waals surface area contributed by atoms with E-state index in [4.69, 9.17) is 4.74 Å². The van der Waals surface area contributed by atoms with E-state index in [1.807, 2.05) is 17.0 Å². The van der Waals surface area contributed by atoms with Crippen molar-refractivity contribution < 1.29 is 4.74 Å². The zero-order chi connectivity index (χ0) is 13.4. The minimum absolute atomic E-state index is 0.584. The van der Waals surface area contributed by atoms with Crippen molar-refractivity contribution in [1.82, 2.24) is 9.78 Å². The molecular formula is C14H26N2OSi-. The number of aromatic nitrogens is 2. The molecule has 18 heavy (non-hydrogen) atoms. The van der Waals surface area contributed by atoms with Gasteiger partial charge in [0.15, 0.2) is 0 Å². The molecule has 1 aromatic rings. The van der Waals surface area contributed by atoms with Crippen molar-refractivity contribution in [3.8, 4) is 0 Å². The Bertz CT molecular complexity index is 355. The normalized spacial score (nSPS) is 11.7. The lowest BCUT2D eigenvalue weighted by molar-refractivity contribution is 0.0764. The quantitative estimate of drug-likeness (QED) is 0.387. The Labute approximate surface area is 112 Å². The highest BCUT2D eigenvalue weighted by molar-refractivity contribution is 6.76. The van der Waals surface area contributed by atoms with Gasteiger partial charge in [-0.25, -0.2) is 4.68 Å². The third kappa shape index (κ3) is 6.17. The largest absolute Gasteiger partial charge is 0.362 e. The fourth-order valence-corrected chi connectivity index (χ4v) is 2.40. The highest BCUT2D eigenvalue weighted by Gasteiger charge is 2.03. The van der Waals surface area contributed by atoms with Gasteiger partial charge in [-0.05, 0) is 25.3 Å². The van der Waals surface area contributed by atoms with E-state index in [2.05, 4.69) is 37.4 Å². The van der Waals surface area contributed by atoms with Crippen LogP contribution in [-0.4, -0.2) is 24.5 Å². The van der Waals surface area contributed by atoms with Gasteiger partial charge >= 0.3 is 0 Å². The van der Waals surface area contributed by atoms with Crippen LogP contribution in [0.4, 0.5) is 0 Å². The molecular weight excluding hydrogens is 240 g/mol. The van der Waals surface area contributed by atoms with Crippen LogP contribution in [0.15, 0.2) is 24.9 Å². The molecule has 3 nitrogen and oxygen atoms in total. The fraction of sp³-hybridized carbons (Fsp3) is 0.643. The summed E-state index contributed by atoms with van der Waals surface area (Å²) in [5.41, 5.74) is 1.25. The molecule has 0 aliphatic heterocycles. The number of hydrogen-bond acceptors (Lipinski definition) is 2. The molecule has 0 amide bonds. The van der Waals surface area contributed by atoms with Crippen molar-refractivity contribution in [2.24, 2.45) is 0 Å². The molecule has 1 aromatic heterocycles. The van der Waals surface area contributed by atoms with Crippen molar-refractivity contribution in [1.29, 1.82) is 0 Å². The number of unbranched alkanes of at least 4 members (excludes halogenated alkanes) is 1. The van der Waals surface area contributed by atoms with Crippen molar-refractivity contribution in [3.63, 3.8) is 0 Å². The first-order valence-electron chi connectivity index (χ1n) is 6.72. The fourth-order valence-electron chi connectivity index (χ4n) is 1.65. The van der Waals surface area contributed by atoms with E-state index >= 15 is 0 Å². The van der Waals surface area contributed by atoms with Gasteiger partial charge in [-0.1, -0.05) is 6.08 Å². The van der Waals surface area contributed by atoms with Crippen LogP contribution in [0.2, 0.25) is 25.7 Å². The topological polar surface area (TPSA) is 27.1 Å². The molecule has 0 fully saturated rings. The molecule has 0 unspecified atom stereocenters. The van der Waals surface area contributed by atoms with Gasteiger partial charge in [0.1, 0.15) is 6.73 Å². The Morgan fingerprint density at radius 3 is 2.89 bits per heavy atom. The van der Waals surface area contributed by atoms with Crippen molar-refractivity contribution in [3.05, 3.63) is 30.6 Å². The number of allylic oxidation sites excluding steroid dienone is 1. The molecule has 0 N–H and O–H groups in total. The smallest absolute Gasteiger partial charge is 0.139 e. The zero-order valence-electron chi connectivity index (χ0n) is 12.0. The van der Waals surface area contributed by atoms with Crippen LogP contribution in [0.1, 0.15) is 18.5 Å². The average molecular weight is 266 g/mol. The Balaban J connectivity index is 2.29. The molecule has 4 heteroatoms. The lowest BCUT2D eigenvalue weighted by Crippen LogP contribution is -2.22. The van der Waals surface area contributed by atoms with Crippen LogP contribution in [0.5, 0.6) is 0 Å². The standard InChI is InChI=1S/C14H26N2OSi/c1-5-6-7-8-14-9-10-15-16(14)13-17-11-12-18(2,3)4/h5,9-10H,1,6-8,11-13H2,2-4H3/q-1. The van der Waals surface area contributed by atoms with Crippen LogP contribution in [-0.2, 0) is 17.9 Å². The summed E-state index contributed by atoms with van der Waals surface area (Å²) in [6.07, 6.45) is 7.05. The summed E-state index contributed by atoms with van der Waals surface area (Å²) in [6, 6.07) is 3.28. The first-order valence-corrected chi connectivity index (χ1v) is 10.4. The van der Waals surface area contributed by atoms with E-state index in [1.165, 1.54) is 11.7 Å². The van der Waals surface area contributed by atoms with Crippen LogP contribution in [0.25, 0.3) is 0 Å². The molecule has 0 aliphatic rings. The lowest BCUT2D eigenvalue weighted by Gasteiger charge is -2.26. The Morgan fingerprint density at radius 1 is 1.44 bits per heavy atom. The van der Waals surface area contributed by atoms with E-state index in [0.29, 0.717) is 6.73 Å². The number of nitrogens with zero attached hydrogens (tertiary/aromatic N) is 2. The maximum atomic E-state index is 5.72. The van der Waals surface area contributed by atoms with Crippen LogP contribution >= 0.6 is 0 Å². The van der Waals surface area contributed by atoms with Gasteiger partial charge in [-0.2, -0.15) is 24.7 Å². The molecule has 0 bridgehead atoms. The van der Waals surface area contributed by atoms with Gasteiger partial charge in [-0.3, -0.25) is 0 Å². The SMILES string of the molecule is C=CCCCc1ccnn1COCC[Si-](C)(C)C. The minimum Gasteiger partial charge on any atom is -0.362 e. The number of aryl methyl sites for hydroxylation is 1. The summed E-state index contributed by atoms with van der Waals surface area (Å²) < 4.78 is 7.68. The Hall–Kier alpha value is -0.873. The molecule has 0 saturated heterocycles. The van der Waals surface area contributed by atoms with Gasteiger partial charge < -0.3 is 4.74 Å². The van der Waals surface area contributed by atoms with Crippen LogP contribution in [0, 0.1) is 0 Å². The summed E-state index contributed by atoms with van der Waals surface area (Å²) in [5.74, 6) is 0. The van der Waals surface area contributed by atoms with Crippen molar-refractivity contribution in [2.75, 3.05) is 6.61 Å². The number of rotatable bonds is 9. The Kier molecular flexibility index (Phi) is 6.36. The molecule has 0 aromatic carbocycles. The highest BCUT2D eigenvalue weighted by atomic mass is 28.3. The molecule has 0 radical (unpaired) electrons. The van der Waals surface area contributed by atoms with E-state index < -0.39 is 8.07 Å². The molecule has 1 heterocycles. The van der Waals surface area contributed by atoms with E-state index in [-0.39, 0.29) is 0 Å². The van der Waals surface area contributed by atoms with Crippen molar-refractivity contribution in [2.45, 2.75) is 51.7 Å². The van der Waals surface area contributed by atoms with E-state index in [0.717, 1.165) is 25.9 Å². The molecule has 103 valence electrons. The predicted molar refractivity (Wildman–Crippen MR) is 79.5 cm³/mol. The second-order valence-corrected chi connectivity index (χ2v) is 11.5. The van der Waals surface area contributed by atoms with Gasteiger partial charge in [0.2, 0.25) is 0 Å². The van der Waals surface area contributed by atoms with Crippen molar-refractivity contribution >= 4 is 8.07 Å². The first-order chi connectivity index (χ1) is 8.53. The Morgan fingerprint density at radius 2 is 2.22 bits per heavy atom. The second-order valence-electron chi connectivity index (χ2n) is 5.85. The maximum absolute atomic E-state index is 5.72. The third-order valence-electron chi connectivity index (χ3n) is 2.86. The van der Waals surface area contributed by atoms with Gasteiger partial charge in [0.05, 0.1) is 0 Å². The third-order valence-corrected chi connectivity index (χ3v) is 4.56. The average Bonchev–Trinajstić information content (AvgIpc) is 2.71. The van der Waals surface area contributed by atoms with Gasteiger partial charge in [0.25, 0.3) is 0 Å². The monoisotopic (exact) mass is 266 g/mol. The summed E-state index contributed by atoms with van der Waals surface area (Å²) >= 11 is 0. The lowest BCUT2D eigenvalue weighted by atomic mass is 10.2. The zero-order valence-corrected chi connectivity index (χ0v) is 13.0. The van der Waals surface area contributed by atoms with Gasteiger partial charge in [-0.15, -0.1) is 20.7 Å². The minimum atomic E-state index is -0.985. The summed E-state index contributed by atoms with van der Waals surface area (Å²) in [6.45, 7) is 12.3. The van der Waals surface area contributed by atoms with E-state index in [1.54, 1.807) is 0 Å². The molecule has 1 rings (SSSR count). The maximum Gasteiger partial charge on any atom is 0.139 e. The van der Waals surface area contributed by atoms with Crippen LogP contribution in [0.3, 0.4) is 0 Å². The summed E-state index contributed by atoms with van der Waals surface area (Å²) in [4.78, 5) is 0. The van der Waals surface area contributed by atoms with Gasteiger partial charge in [0, 0.05) is 18.5 Å². The number of ether oxygens (including phenoxy) is 1. The summed E-state index contributed by atoms with van der Waals surface area (Å²) in [7, 11) is -0.985. The number of hydrogen-bond donors (Lipinski definition) is 0. The molecule has 0 saturated carbocycles. The summed E-state index contributed by atoms with van der Waals surface area (Å²) in [5, 5.41) is 4.31. The molecule has 0 atom stereocenters. The van der Waals surface area contributed by atoms with E-state index in [9.17, 15) is 0 Å².